The molecule has 2 aromatic rings. The molecule has 20 heavy (non-hydrogen) atoms. The van der Waals surface area contributed by atoms with Gasteiger partial charge in [-0.1, -0.05) is 12.1 Å². The molecule has 1 aromatic carbocycles. The predicted octanol–water partition coefficient (Wildman–Crippen LogP) is 2.48. The Morgan fingerprint density at radius 1 is 1.30 bits per heavy atom. The summed E-state index contributed by atoms with van der Waals surface area (Å²) in [5, 5.41) is 3.43. The van der Waals surface area contributed by atoms with Gasteiger partial charge in [-0.05, 0) is 24.6 Å². The van der Waals surface area contributed by atoms with Crippen molar-refractivity contribution < 1.29 is 4.39 Å². The van der Waals surface area contributed by atoms with Gasteiger partial charge in [-0.15, -0.1) is 0 Å². The first kappa shape index (κ1) is 14.5. The van der Waals surface area contributed by atoms with Crippen LogP contribution in [0.1, 0.15) is 24.2 Å². The number of rotatable bonds is 5. The van der Waals surface area contributed by atoms with Gasteiger partial charge in [0.2, 0.25) is 5.95 Å². The van der Waals surface area contributed by atoms with E-state index in [-0.39, 0.29) is 11.9 Å². The molecule has 0 radical (unpaired) electrons. The monoisotopic (exact) mass is 276 g/mol. The van der Waals surface area contributed by atoms with Crippen LogP contribution < -0.4 is 10.2 Å². The summed E-state index contributed by atoms with van der Waals surface area (Å²) in [5.41, 5.74) is 2.18. The number of halogens is 1. The molecule has 1 heterocycles. The van der Waals surface area contributed by atoms with E-state index in [1.54, 1.807) is 0 Å². The third-order valence-electron chi connectivity index (χ3n) is 3.42. The lowest BCUT2D eigenvalue weighted by atomic mass is 10.1. The molecule has 0 saturated carbocycles. The van der Waals surface area contributed by atoms with E-state index in [0.29, 0.717) is 0 Å². The molecule has 108 valence electrons. The average molecular weight is 276 g/mol. The summed E-state index contributed by atoms with van der Waals surface area (Å²) in [4.78, 5) is 6.36. The quantitative estimate of drug-likeness (QED) is 0.910. The first-order chi connectivity index (χ1) is 9.49. The van der Waals surface area contributed by atoms with Crippen molar-refractivity contribution in [3.63, 3.8) is 0 Å². The number of aromatic nitrogens is 2. The Hall–Kier alpha value is -1.88. The van der Waals surface area contributed by atoms with Crippen molar-refractivity contribution in [1.82, 2.24) is 14.9 Å². The largest absolute Gasteiger partial charge is 0.348 e. The molecule has 0 fully saturated rings. The van der Waals surface area contributed by atoms with Gasteiger partial charge in [0.15, 0.2) is 0 Å². The molecular formula is C15H21FN4. The van der Waals surface area contributed by atoms with Gasteiger partial charge in [-0.3, -0.25) is 0 Å². The van der Waals surface area contributed by atoms with Crippen LogP contribution >= 0.6 is 0 Å². The van der Waals surface area contributed by atoms with E-state index in [9.17, 15) is 4.39 Å². The predicted molar refractivity (Wildman–Crippen MR) is 79.2 cm³/mol. The van der Waals surface area contributed by atoms with Crippen molar-refractivity contribution in [2.24, 2.45) is 7.05 Å². The molecule has 2 rings (SSSR count). The van der Waals surface area contributed by atoms with Gasteiger partial charge in [-0.25, -0.2) is 9.37 Å². The fraction of sp³-hybridized carbons (Fsp3) is 0.400. The highest BCUT2D eigenvalue weighted by atomic mass is 19.1. The maximum Gasteiger partial charge on any atom is 0.204 e. The number of nitrogens with zero attached hydrogens (tertiary/aromatic N) is 3. The fourth-order valence-corrected chi connectivity index (χ4v) is 2.14. The lowest BCUT2D eigenvalue weighted by Gasteiger charge is -2.16. The summed E-state index contributed by atoms with van der Waals surface area (Å²) in [6, 6.07) is 6.75. The smallest absolute Gasteiger partial charge is 0.204 e. The lowest BCUT2D eigenvalue weighted by molar-refractivity contribution is 0.555. The summed E-state index contributed by atoms with van der Waals surface area (Å²) in [6.07, 6.45) is 1.87. The maximum atomic E-state index is 12.9. The van der Waals surface area contributed by atoms with Crippen LogP contribution in [0, 0.1) is 5.82 Å². The molecule has 1 atom stereocenters. The normalized spacial score (nSPS) is 12.4. The highest BCUT2D eigenvalue weighted by Gasteiger charge is 2.10. The van der Waals surface area contributed by atoms with Crippen LogP contribution in [0.25, 0.3) is 0 Å². The van der Waals surface area contributed by atoms with Crippen molar-refractivity contribution in [2.45, 2.75) is 19.5 Å². The van der Waals surface area contributed by atoms with E-state index in [2.05, 4.69) is 21.8 Å². The standard InChI is InChI=1S/C15H21FN4/c1-11(12-5-7-13(16)8-6-12)17-9-14-10-18-15(19(2)3)20(14)4/h5-8,10-11,17H,9H2,1-4H3/t11-/m0/s1. The molecule has 0 saturated heterocycles. The second-order valence-corrected chi connectivity index (χ2v) is 5.16. The summed E-state index contributed by atoms with van der Waals surface area (Å²) in [7, 11) is 5.95. The highest BCUT2D eigenvalue weighted by molar-refractivity contribution is 5.31. The van der Waals surface area contributed by atoms with Gasteiger partial charge in [0.25, 0.3) is 0 Å². The minimum atomic E-state index is -0.205. The van der Waals surface area contributed by atoms with Crippen molar-refractivity contribution in [2.75, 3.05) is 19.0 Å². The molecule has 0 aliphatic heterocycles. The molecule has 4 nitrogen and oxygen atoms in total. The second kappa shape index (κ2) is 6.05. The number of hydrogen-bond acceptors (Lipinski definition) is 3. The molecule has 0 amide bonds. The third kappa shape index (κ3) is 3.17. The van der Waals surface area contributed by atoms with Crippen LogP contribution in [0.15, 0.2) is 30.5 Å². The van der Waals surface area contributed by atoms with Crippen LogP contribution in [-0.4, -0.2) is 23.6 Å². The van der Waals surface area contributed by atoms with Gasteiger partial charge >= 0.3 is 0 Å². The molecule has 0 bridgehead atoms. The Labute approximate surface area is 119 Å². The zero-order valence-corrected chi connectivity index (χ0v) is 12.4. The lowest BCUT2D eigenvalue weighted by Crippen LogP contribution is -2.20. The molecule has 0 unspecified atom stereocenters. The Bertz CT molecular complexity index is 560. The van der Waals surface area contributed by atoms with Crippen LogP contribution in [0.5, 0.6) is 0 Å². The molecule has 1 aromatic heterocycles. The summed E-state index contributed by atoms with van der Waals surface area (Å²) in [6.45, 7) is 2.78. The van der Waals surface area contributed by atoms with Gasteiger partial charge < -0.3 is 14.8 Å². The minimum Gasteiger partial charge on any atom is -0.348 e. The molecule has 0 spiro atoms. The van der Waals surface area contributed by atoms with E-state index in [4.69, 9.17) is 0 Å². The number of imidazole rings is 1. The average Bonchev–Trinajstić information content (AvgIpc) is 2.78. The topological polar surface area (TPSA) is 33.1 Å². The second-order valence-electron chi connectivity index (χ2n) is 5.16. The Morgan fingerprint density at radius 3 is 2.50 bits per heavy atom. The van der Waals surface area contributed by atoms with Crippen molar-refractivity contribution in [3.8, 4) is 0 Å². The third-order valence-corrected chi connectivity index (χ3v) is 3.42. The molecular weight excluding hydrogens is 255 g/mol. The van der Waals surface area contributed by atoms with E-state index >= 15 is 0 Å². The van der Waals surface area contributed by atoms with Crippen LogP contribution in [0.4, 0.5) is 10.3 Å². The summed E-state index contributed by atoms with van der Waals surface area (Å²) < 4.78 is 15.0. The van der Waals surface area contributed by atoms with Gasteiger partial charge in [0.1, 0.15) is 5.82 Å². The zero-order chi connectivity index (χ0) is 14.7. The Kier molecular flexibility index (Phi) is 4.39. The SMILES string of the molecule is C[C@H](NCc1cnc(N(C)C)n1C)c1ccc(F)cc1. The van der Waals surface area contributed by atoms with Crippen LogP contribution in [0.3, 0.4) is 0 Å². The van der Waals surface area contributed by atoms with Crippen LogP contribution in [0.2, 0.25) is 0 Å². The van der Waals surface area contributed by atoms with E-state index in [1.807, 2.05) is 44.4 Å². The molecule has 1 N–H and O–H groups in total. The summed E-state index contributed by atoms with van der Waals surface area (Å²) in [5.74, 6) is 0.722. The van der Waals surface area contributed by atoms with Gasteiger partial charge in [0, 0.05) is 33.7 Å². The van der Waals surface area contributed by atoms with Crippen LogP contribution in [-0.2, 0) is 13.6 Å². The van der Waals surface area contributed by atoms with Crippen molar-refractivity contribution in [3.05, 3.63) is 47.5 Å². The Morgan fingerprint density at radius 2 is 1.95 bits per heavy atom. The number of anilines is 1. The number of hydrogen-bond donors (Lipinski definition) is 1. The van der Waals surface area contributed by atoms with Crippen molar-refractivity contribution >= 4 is 5.95 Å². The van der Waals surface area contributed by atoms with Crippen molar-refractivity contribution in [1.29, 1.82) is 0 Å². The molecule has 0 aliphatic rings. The first-order valence-electron chi connectivity index (χ1n) is 6.66. The van der Waals surface area contributed by atoms with Gasteiger partial charge in [-0.2, -0.15) is 0 Å². The highest BCUT2D eigenvalue weighted by Crippen LogP contribution is 2.15. The minimum absolute atomic E-state index is 0.160. The number of benzene rings is 1. The Balaban J connectivity index is 2.00. The first-order valence-corrected chi connectivity index (χ1v) is 6.66. The fourth-order valence-electron chi connectivity index (χ4n) is 2.14. The number of nitrogens with one attached hydrogen (secondary N) is 1. The summed E-state index contributed by atoms with van der Waals surface area (Å²) >= 11 is 0. The molecule has 5 heteroatoms. The van der Waals surface area contributed by atoms with E-state index in [1.165, 1.54) is 12.1 Å². The van der Waals surface area contributed by atoms with E-state index in [0.717, 1.165) is 23.8 Å². The molecule has 0 aliphatic carbocycles. The maximum absolute atomic E-state index is 12.9. The van der Waals surface area contributed by atoms with Gasteiger partial charge in [0.05, 0.1) is 11.9 Å². The van der Waals surface area contributed by atoms with E-state index < -0.39 is 0 Å². The zero-order valence-electron chi connectivity index (χ0n) is 12.4.